The number of nitrogens with one attached hydrogen (secondary N) is 1. The van der Waals surface area contributed by atoms with E-state index in [-0.39, 0.29) is 17.8 Å². The highest BCUT2D eigenvalue weighted by Crippen LogP contribution is 2.42. The number of hydrogen-bond donors (Lipinski definition) is 1. The molecule has 0 heterocycles. The molecule has 21 heavy (non-hydrogen) atoms. The number of carbonyl (C=O) groups excluding carboxylic acids is 1. The van der Waals surface area contributed by atoms with Crippen molar-refractivity contribution in [1.82, 2.24) is 0 Å². The molecule has 2 aliphatic carbocycles. The van der Waals surface area contributed by atoms with E-state index in [1.54, 1.807) is 0 Å². The molecule has 112 valence electrons. The molecule has 0 amide bonds. The van der Waals surface area contributed by atoms with E-state index in [2.05, 4.69) is 6.07 Å². The van der Waals surface area contributed by atoms with Gasteiger partial charge >= 0.3 is 5.97 Å². The number of hydrogen-bond acceptors (Lipinski definition) is 3. The normalized spacial score (nSPS) is 25.7. The third kappa shape index (κ3) is 2.61. The number of benzene rings is 1. The lowest BCUT2D eigenvalue weighted by atomic mass is 9.68. The van der Waals surface area contributed by atoms with Crippen LogP contribution in [0, 0.1) is 23.2 Å². The lowest BCUT2D eigenvalue weighted by Crippen LogP contribution is -2.41. The van der Waals surface area contributed by atoms with Gasteiger partial charge in [-0.3, -0.25) is 4.79 Å². The summed E-state index contributed by atoms with van der Waals surface area (Å²) in [6, 6.07) is 8.05. The zero-order chi connectivity index (χ0) is 14.8. The van der Waals surface area contributed by atoms with Crippen LogP contribution >= 0.6 is 0 Å². The Morgan fingerprint density at radius 1 is 1.29 bits per heavy atom. The van der Waals surface area contributed by atoms with Gasteiger partial charge in [0, 0.05) is 0 Å². The van der Waals surface area contributed by atoms with Gasteiger partial charge in [-0.05, 0) is 36.3 Å². The van der Waals surface area contributed by atoms with Gasteiger partial charge in [0.2, 0.25) is 0 Å². The molecule has 0 unspecified atom stereocenters. The van der Waals surface area contributed by atoms with Crippen molar-refractivity contribution >= 4 is 11.7 Å². The first kappa shape index (κ1) is 14.3. The number of carbonyl (C=O) groups is 1. The summed E-state index contributed by atoms with van der Waals surface area (Å²) < 4.78 is 5.28. The van der Waals surface area contributed by atoms with Crippen molar-refractivity contribution in [2.24, 2.45) is 17.8 Å². The average Bonchev–Trinajstić information content (AvgIpc) is 3.01. The predicted octanol–water partition coefficient (Wildman–Crippen LogP) is 3.60. The largest absolute Gasteiger partial charge is 0.465 e. The van der Waals surface area contributed by atoms with Crippen molar-refractivity contribution in [1.29, 1.82) is 5.41 Å². The quantitative estimate of drug-likeness (QED) is 0.863. The molecule has 1 aromatic carbocycles. The van der Waals surface area contributed by atoms with E-state index in [0.29, 0.717) is 18.2 Å². The Bertz CT molecular complexity index is 546. The molecule has 1 fully saturated rings. The molecular weight excluding hydrogens is 262 g/mol. The van der Waals surface area contributed by atoms with Gasteiger partial charge in [0.25, 0.3) is 0 Å². The van der Waals surface area contributed by atoms with Crippen LogP contribution in [-0.4, -0.2) is 18.3 Å². The summed E-state index contributed by atoms with van der Waals surface area (Å²) >= 11 is 0. The van der Waals surface area contributed by atoms with Crippen LogP contribution in [0.1, 0.15) is 43.7 Å². The standard InChI is InChI=1S/C18H23NO2/c1-2-21-18(20)16-15(12-7-3-4-8-12)11-13-9-5-6-10-14(13)17(16)19/h5-6,9-10,12,15-16,19H,2-4,7-8,11H2,1H3/t15-,16+/m0/s1. The maximum Gasteiger partial charge on any atom is 0.315 e. The van der Waals surface area contributed by atoms with E-state index in [9.17, 15) is 4.79 Å². The Kier molecular flexibility index (Phi) is 4.09. The highest BCUT2D eigenvalue weighted by molar-refractivity contribution is 6.12. The van der Waals surface area contributed by atoms with E-state index < -0.39 is 0 Å². The molecule has 2 aliphatic rings. The zero-order valence-corrected chi connectivity index (χ0v) is 12.6. The molecule has 0 radical (unpaired) electrons. The Morgan fingerprint density at radius 3 is 2.71 bits per heavy atom. The number of fused-ring (bicyclic) bond motifs is 1. The van der Waals surface area contributed by atoms with E-state index in [1.807, 2.05) is 25.1 Å². The first-order valence-corrected chi connectivity index (χ1v) is 8.05. The SMILES string of the molecule is CCOC(=O)[C@H]1C(=N)c2ccccc2C[C@H]1C1CCCC1. The lowest BCUT2D eigenvalue weighted by Gasteiger charge is -2.35. The van der Waals surface area contributed by atoms with Crippen LogP contribution in [0.3, 0.4) is 0 Å². The van der Waals surface area contributed by atoms with Crippen molar-refractivity contribution in [2.45, 2.75) is 39.0 Å². The monoisotopic (exact) mass is 285 g/mol. The Hall–Kier alpha value is -1.64. The molecular formula is C18H23NO2. The van der Waals surface area contributed by atoms with Crippen LogP contribution in [0.25, 0.3) is 0 Å². The molecule has 0 aliphatic heterocycles. The highest BCUT2D eigenvalue weighted by atomic mass is 16.5. The molecule has 1 aromatic rings. The fraction of sp³-hybridized carbons (Fsp3) is 0.556. The summed E-state index contributed by atoms with van der Waals surface area (Å²) in [5.74, 6) is 0.235. The predicted molar refractivity (Wildman–Crippen MR) is 82.5 cm³/mol. The molecule has 3 rings (SSSR count). The van der Waals surface area contributed by atoms with Crippen molar-refractivity contribution in [3.63, 3.8) is 0 Å². The van der Waals surface area contributed by atoms with Crippen LogP contribution in [0.5, 0.6) is 0 Å². The molecule has 3 heteroatoms. The van der Waals surface area contributed by atoms with Crippen LogP contribution in [0.4, 0.5) is 0 Å². The first-order chi connectivity index (χ1) is 10.2. The Balaban J connectivity index is 1.96. The van der Waals surface area contributed by atoms with Gasteiger partial charge in [0.05, 0.1) is 12.3 Å². The molecule has 0 aromatic heterocycles. The van der Waals surface area contributed by atoms with Gasteiger partial charge < -0.3 is 10.1 Å². The van der Waals surface area contributed by atoms with Gasteiger partial charge in [-0.15, -0.1) is 0 Å². The molecule has 0 saturated heterocycles. The maximum absolute atomic E-state index is 12.4. The maximum atomic E-state index is 12.4. The van der Waals surface area contributed by atoms with Gasteiger partial charge in [0.15, 0.2) is 0 Å². The highest BCUT2D eigenvalue weighted by Gasteiger charge is 2.42. The molecule has 1 N–H and O–H groups in total. The van der Waals surface area contributed by atoms with Crippen molar-refractivity contribution in [3.05, 3.63) is 35.4 Å². The topological polar surface area (TPSA) is 50.2 Å². The van der Waals surface area contributed by atoms with Crippen LogP contribution < -0.4 is 0 Å². The Labute approximate surface area is 126 Å². The fourth-order valence-corrected chi connectivity index (χ4v) is 4.06. The second-order valence-corrected chi connectivity index (χ2v) is 6.21. The second-order valence-electron chi connectivity index (χ2n) is 6.21. The van der Waals surface area contributed by atoms with E-state index in [4.69, 9.17) is 10.1 Å². The molecule has 0 spiro atoms. The van der Waals surface area contributed by atoms with Gasteiger partial charge in [-0.2, -0.15) is 0 Å². The molecule has 1 saturated carbocycles. The van der Waals surface area contributed by atoms with Crippen LogP contribution in [0.2, 0.25) is 0 Å². The van der Waals surface area contributed by atoms with Gasteiger partial charge in [0.1, 0.15) is 5.92 Å². The minimum Gasteiger partial charge on any atom is -0.465 e. The van der Waals surface area contributed by atoms with Crippen molar-refractivity contribution in [2.75, 3.05) is 6.61 Å². The summed E-state index contributed by atoms with van der Waals surface area (Å²) in [6.45, 7) is 2.23. The molecule has 2 atom stereocenters. The summed E-state index contributed by atoms with van der Waals surface area (Å²) in [6.07, 6.45) is 5.80. The number of rotatable bonds is 3. The second kappa shape index (κ2) is 6.00. The summed E-state index contributed by atoms with van der Waals surface area (Å²) in [5, 5.41) is 8.53. The van der Waals surface area contributed by atoms with Crippen LogP contribution in [0.15, 0.2) is 24.3 Å². The zero-order valence-electron chi connectivity index (χ0n) is 12.6. The van der Waals surface area contributed by atoms with E-state index >= 15 is 0 Å². The van der Waals surface area contributed by atoms with Gasteiger partial charge in [-0.25, -0.2) is 0 Å². The summed E-state index contributed by atoms with van der Waals surface area (Å²) in [4.78, 5) is 12.4. The van der Waals surface area contributed by atoms with Gasteiger partial charge in [-0.1, -0.05) is 49.9 Å². The third-order valence-electron chi connectivity index (χ3n) is 5.05. The van der Waals surface area contributed by atoms with Crippen LogP contribution in [-0.2, 0) is 16.0 Å². The summed E-state index contributed by atoms with van der Waals surface area (Å²) in [5.41, 5.74) is 2.62. The van der Waals surface area contributed by atoms with Crippen molar-refractivity contribution < 1.29 is 9.53 Å². The van der Waals surface area contributed by atoms with E-state index in [0.717, 1.165) is 12.0 Å². The average molecular weight is 285 g/mol. The number of ether oxygens (including phenoxy) is 1. The minimum absolute atomic E-state index is 0.200. The number of esters is 1. The summed E-state index contributed by atoms with van der Waals surface area (Å²) in [7, 11) is 0. The lowest BCUT2D eigenvalue weighted by molar-refractivity contribution is -0.147. The minimum atomic E-state index is -0.372. The third-order valence-corrected chi connectivity index (χ3v) is 5.05. The molecule has 0 bridgehead atoms. The first-order valence-electron chi connectivity index (χ1n) is 8.05. The fourth-order valence-electron chi connectivity index (χ4n) is 4.06. The Morgan fingerprint density at radius 2 is 2.00 bits per heavy atom. The van der Waals surface area contributed by atoms with Crippen molar-refractivity contribution in [3.8, 4) is 0 Å². The van der Waals surface area contributed by atoms with E-state index in [1.165, 1.54) is 31.2 Å². The molecule has 3 nitrogen and oxygen atoms in total. The smallest absolute Gasteiger partial charge is 0.315 e.